The third-order valence-corrected chi connectivity index (χ3v) is 3.94. The van der Waals surface area contributed by atoms with E-state index in [9.17, 15) is 10.1 Å². The number of nitrogens with two attached hydrogens (primary N) is 1. The fourth-order valence-corrected chi connectivity index (χ4v) is 2.93. The molecular weight excluding hydrogens is 202 g/mol. The molecule has 0 spiro atoms. The second kappa shape index (κ2) is 4.42. The molecule has 2 rings (SSSR count). The number of carbonyl (C=O) groups excluding carboxylic acids is 1. The first-order valence-corrected chi connectivity index (χ1v) is 6.13. The predicted octanol–water partition coefficient (Wildman–Crippen LogP) is 1.02. The first kappa shape index (κ1) is 11.4. The SMILES string of the molecule is N#CC1(N2CC(CN)CC2=O)CCCCC1. The number of rotatable bonds is 2. The van der Waals surface area contributed by atoms with Crippen molar-refractivity contribution in [3.63, 3.8) is 0 Å². The van der Waals surface area contributed by atoms with Crippen molar-refractivity contribution >= 4 is 5.91 Å². The van der Waals surface area contributed by atoms with Crippen LogP contribution >= 0.6 is 0 Å². The highest BCUT2D eigenvalue weighted by atomic mass is 16.2. The fraction of sp³-hybridized carbons (Fsp3) is 0.833. The van der Waals surface area contributed by atoms with E-state index in [4.69, 9.17) is 5.73 Å². The highest BCUT2D eigenvalue weighted by Gasteiger charge is 2.45. The van der Waals surface area contributed by atoms with Gasteiger partial charge in [-0.3, -0.25) is 4.79 Å². The average Bonchev–Trinajstić information content (AvgIpc) is 2.72. The second-order valence-corrected chi connectivity index (χ2v) is 5.01. The maximum atomic E-state index is 11.9. The quantitative estimate of drug-likeness (QED) is 0.756. The van der Waals surface area contributed by atoms with Gasteiger partial charge in [0.2, 0.25) is 5.91 Å². The van der Waals surface area contributed by atoms with Gasteiger partial charge in [0, 0.05) is 13.0 Å². The molecule has 1 heterocycles. The molecule has 4 heteroatoms. The van der Waals surface area contributed by atoms with E-state index < -0.39 is 5.54 Å². The first-order valence-electron chi connectivity index (χ1n) is 6.13. The molecule has 0 radical (unpaired) electrons. The molecule has 1 aliphatic heterocycles. The van der Waals surface area contributed by atoms with Crippen LogP contribution in [0.25, 0.3) is 0 Å². The van der Waals surface area contributed by atoms with Gasteiger partial charge < -0.3 is 10.6 Å². The van der Waals surface area contributed by atoms with Crippen LogP contribution in [-0.2, 0) is 4.79 Å². The van der Waals surface area contributed by atoms with Crippen LogP contribution in [0.2, 0.25) is 0 Å². The number of hydrogen-bond donors (Lipinski definition) is 1. The lowest BCUT2D eigenvalue weighted by Gasteiger charge is -2.39. The Morgan fingerprint density at radius 2 is 2.12 bits per heavy atom. The van der Waals surface area contributed by atoms with Crippen molar-refractivity contribution in [2.45, 2.75) is 44.1 Å². The molecule has 16 heavy (non-hydrogen) atoms. The van der Waals surface area contributed by atoms with Crippen molar-refractivity contribution < 1.29 is 4.79 Å². The molecule has 0 aromatic rings. The number of nitriles is 1. The van der Waals surface area contributed by atoms with E-state index in [1.54, 1.807) is 0 Å². The zero-order valence-electron chi connectivity index (χ0n) is 9.61. The number of carbonyl (C=O) groups is 1. The Kier molecular flexibility index (Phi) is 3.15. The predicted molar refractivity (Wildman–Crippen MR) is 60.3 cm³/mol. The maximum absolute atomic E-state index is 11.9. The van der Waals surface area contributed by atoms with E-state index in [1.165, 1.54) is 6.42 Å². The summed E-state index contributed by atoms with van der Waals surface area (Å²) in [6.07, 6.45) is 5.51. The fourth-order valence-electron chi connectivity index (χ4n) is 2.93. The summed E-state index contributed by atoms with van der Waals surface area (Å²) >= 11 is 0. The Labute approximate surface area is 96.4 Å². The second-order valence-electron chi connectivity index (χ2n) is 5.01. The third-order valence-electron chi connectivity index (χ3n) is 3.94. The summed E-state index contributed by atoms with van der Waals surface area (Å²) in [5, 5.41) is 9.40. The van der Waals surface area contributed by atoms with Gasteiger partial charge in [0.15, 0.2) is 0 Å². The standard InChI is InChI=1S/C12H19N3O/c13-7-10-6-11(16)15(8-10)12(9-14)4-2-1-3-5-12/h10H,1-8,13H2. The molecule has 1 saturated heterocycles. The van der Waals surface area contributed by atoms with E-state index >= 15 is 0 Å². The number of likely N-dealkylation sites (tertiary alicyclic amines) is 1. The summed E-state index contributed by atoms with van der Waals surface area (Å²) < 4.78 is 0. The Morgan fingerprint density at radius 1 is 1.44 bits per heavy atom. The molecule has 2 aliphatic rings. The lowest BCUT2D eigenvalue weighted by atomic mass is 9.81. The van der Waals surface area contributed by atoms with Crippen LogP contribution in [0.3, 0.4) is 0 Å². The summed E-state index contributed by atoms with van der Waals surface area (Å²) in [4.78, 5) is 13.7. The van der Waals surface area contributed by atoms with Crippen molar-refractivity contribution in [1.29, 1.82) is 5.26 Å². The summed E-state index contributed by atoms with van der Waals surface area (Å²) in [5.41, 5.74) is 5.10. The van der Waals surface area contributed by atoms with Gasteiger partial charge in [0.25, 0.3) is 0 Å². The van der Waals surface area contributed by atoms with Gasteiger partial charge >= 0.3 is 0 Å². The lowest BCUT2D eigenvalue weighted by molar-refractivity contribution is -0.132. The van der Waals surface area contributed by atoms with Crippen molar-refractivity contribution in [2.75, 3.05) is 13.1 Å². The molecule has 1 amide bonds. The number of amides is 1. The zero-order chi connectivity index (χ0) is 11.6. The Morgan fingerprint density at radius 3 is 2.62 bits per heavy atom. The van der Waals surface area contributed by atoms with E-state index in [0.717, 1.165) is 25.7 Å². The lowest BCUT2D eigenvalue weighted by Crippen LogP contribution is -2.50. The van der Waals surface area contributed by atoms with Gasteiger partial charge in [-0.1, -0.05) is 19.3 Å². The van der Waals surface area contributed by atoms with Gasteiger partial charge in [-0.25, -0.2) is 0 Å². The van der Waals surface area contributed by atoms with Gasteiger partial charge in [-0.15, -0.1) is 0 Å². The van der Waals surface area contributed by atoms with E-state index in [-0.39, 0.29) is 11.8 Å². The highest BCUT2D eigenvalue weighted by Crippen LogP contribution is 2.36. The van der Waals surface area contributed by atoms with Crippen LogP contribution in [0.4, 0.5) is 0 Å². The average molecular weight is 221 g/mol. The number of nitrogens with zero attached hydrogens (tertiary/aromatic N) is 2. The van der Waals surface area contributed by atoms with Crippen LogP contribution in [0, 0.1) is 17.2 Å². The van der Waals surface area contributed by atoms with Crippen LogP contribution in [0.5, 0.6) is 0 Å². The van der Waals surface area contributed by atoms with Crippen LogP contribution in [0.1, 0.15) is 38.5 Å². The molecule has 1 unspecified atom stereocenters. The van der Waals surface area contributed by atoms with Crippen molar-refractivity contribution in [3.8, 4) is 6.07 Å². The van der Waals surface area contributed by atoms with Crippen molar-refractivity contribution in [3.05, 3.63) is 0 Å². The van der Waals surface area contributed by atoms with Crippen LogP contribution in [0.15, 0.2) is 0 Å². The molecule has 1 saturated carbocycles. The minimum atomic E-state index is -0.515. The van der Waals surface area contributed by atoms with Crippen LogP contribution in [-0.4, -0.2) is 29.4 Å². The highest BCUT2D eigenvalue weighted by molar-refractivity contribution is 5.80. The Balaban J connectivity index is 2.16. The molecular formula is C12H19N3O. The van der Waals surface area contributed by atoms with E-state index in [0.29, 0.717) is 19.5 Å². The van der Waals surface area contributed by atoms with Gasteiger partial charge in [-0.05, 0) is 25.3 Å². The summed E-state index contributed by atoms with van der Waals surface area (Å²) in [6.45, 7) is 1.23. The molecule has 2 N–H and O–H groups in total. The van der Waals surface area contributed by atoms with Crippen molar-refractivity contribution in [2.24, 2.45) is 11.7 Å². The first-order chi connectivity index (χ1) is 7.72. The molecule has 1 atom stereocenters. The monoisotopic (exact) mass is 221 g/mol. The number of hydrogen-bond acceptors (Lipinski definition) is 3. The Hall–Kier alpha value is -1.08. The molecule has 1 aliphatic carbocycles. The normalized spacial score (nSPS) is 29.1. The third kappa shape index (κ3) is 1.80. The summed E-state index contributed by atoms with van der Waals surface area (Å²) in [5.74, 6) is 0.374. The summed E-state index contributed by atoms with van der Waals surface area (Å²) in [7, 11) is 0. The molecule has 0 bridgehead atoms. The molecule has 2 fully saturated rings. The molecule has 4 nitrogen and oxygen atoms in total. The minimum Gasteiger partial charge on any atom is -0.330 e. The topological polar surface area (TPSA) is 70.1 Å². The molecule has 0 aromatic carbocycles. The largest absolute Gasteiger partial charge is 0.330 e. The van der Waals surface area contributed by atoms with E-state index in [2.05, 4.69) is 6.07 Å². The van der Waals surface area contributed by atoms with Crippen molar-refractivity contribution in [1.82, 2.24) is 4.90 Å². The van der Waals surface area contributed by atoms with Gasteiger partial charge in [-0.2, -0.15) is 5.26 Å². The Bertz CT molecular complexity index is 315. The van der Waals surface area contributed by atoms with Gasteiger partial charge in [0.1, 0.15) is 5.54 Å². The zero-order valence-corrected chi connectivity index (χ0v) is 9.61. The molecule has 88 valence electrons. The smallest absolute Gasteiger partial charge is 0.224 e. The maximum Gasteiger partial charge on any atom is 0.224 e. The van der Waals surface area contributed by atoms with Gasteiger partial charge in [0.05, 0.1) is 6.07 Å². The molecule has 0 aromatic heterocycles. The summed E-state index contributed by atoms with van der Waals surface area (Å²) in [6, 6.07) is 2.40. The van der Waals surface area contributed by atoms with E-state index in [1.807, 2.05) is 4.90 Å². The van der Waals surface area contributed by atoms with Crippen LogP contribution < -0.4 is 5.73 Å². The minimum absolute atomic E-state index is 0.124.